The van der Waals surface area contributed by atoms with E-state index in [1.807, 2.05) is 42.5 Å². The molecule has 1 amide bonds. The molecule has 1 atom stereocenters. The first-order valence-electron chi connectivity index (χ1n) is 8.66. The summed E-state index contributed by atoms with van der Waals surface area (Å²) in [5, 5.41) is 13.6. The first-order valence-corrected chi connectivity index (χ1v) is 9.04. The molecule has 0 radical (unpaired) electrons. The van der Waals surface area contributed by atoms with Crippen LogP contribution in [0.2, 0.25) is 5.02 Å². The van der Waals surface area contributed by atoms with Gasteiger partial charge in [-0.3, -0.25) is 9.59 Å². The molecule has 3 N–H and O–H groups in total. The minimum Gasteiger partial charge on any atom is -0.480 e. The number of carbonyl (C=O) groups is 2. The molecule has 1 saturated heterocycles. The van der Waals surface area contributed by atoms with Crippen LogP contribution < -0.4 is 5.32 Å². The highest BCUT2D eigenvalue weighted by molar-refractivity contribution is 6.31. The third-order valence-corrected chi connectivity index (χ3v) is 5.03. The molecule has 0 saturated carbocycles. The van der Waals surface area contributed by atoms with E-state index in [0.717, 1.165) is 22.0 Å². The Balaban J connectivity index is 1.81. The molecule has 6 nitrogen and oxygen atoms in total. The fraction of sp³-hybridized carbons (Fsp3) is 0.200. The fourth-order valence-corrected chi connectivity index (χ4v) is 3.66. The van der Waals surface area contributed by atoms with E-state index in [0.29, 0.717) is 23.8 Å². The normalized spacial score (nSPS) is 17.2. The van der Waals surface area contributed by atoms with Crippen molar-refractivity contribution in [3.8, 4) is 11.1 Å². The maximum absolute atomic E-state index is 13.3. The highest BCUT2D eigenvalue weighted by Crippen LogP contribution is 2.34. The summed E-state index contributed by atoms with van der Waals surface area (Å²) in [5.74, 6) is -1.17. The van der Waals surface area contributed by atoms with Crippen LogP contribution in [-0.2, 0) is 4.79 Å². The number of rotatable bonds is 3. The highest BCUT2D eigenvalue weighted by atomic mass is 35.5. The maximum atomic E-state index is 13.3. The number of carboxylic acid groups (broad SMARTS) is 1. The van der Waals surface area contributed by atoms with E-state index in [9.17, 15) is 14.7 Å². The second-order valence-corrected chi connectivity index (χ2v) is 6.96. The zero-order valence-electron chi connectivity index (χ0n) is 14.4. The number of carboxylic acids is 1. The molecule has 0 aliphatic carbocycles. The Labute approximate surface area is 160 Å². The summed E-state index contributed by atoms with van der Waals surface area (Å²) in [4.78, 5) is 29.4. The lowest BCUT2D eigenvalue weighted by molar-refractivity contribution is -0.140. The maximum Gasteiger partial charge on any atom is 0.322 e. The number of aliphatic carboxylic acids is 1. The summed E-state index contributed by atoms with van der Waals surface area (Å²) >= 11 is 6.19. The molecular weight excluding hydrogens is 366 g/mol. The lowest BCUT2D eigenvalue weighted by Crippen LogP contribution is -2.55. The number of fused-ring (bicyclic) bond motifs is 1. The number of H-pyrrole nitrogens is 1. The molecule has 138 valence electrons. The van der Waals surface area contributed by atoms with Crippen LogP contribution in [0.25, 0.3) is 22.0 Å². The van der Waals surface area contributed by atoms with Gasteiger partial charge in [0, 0.05) is 41.1 Å². The highest BCUT2D eigenvalue weighted by Gasteiger charge is 2.30. The molecule has 4 rings (SSSR count). The van der Waals surface area contributed by atoms with Gasteiger partial charge in [-0.1, -0.05) is 41.9 Å². The van der Waals surface area contributed by atoms with Crippen molar-refractivity contribution in [3.63, 3.8) is 0 Å². The molecule has 0 spiro atoms. The van der Waals surface area contributed by atoms with Crippen LogP contribution in [0.15, 0.2) is 48.5 Å². The molecule has 0 bridgehead atoms. The topological polar surface area (TPSA) is 85.4 Å². The van der Waals surface area contributed by atoms with Gasteiger partial charge in [0.2, 0.25) is 0 Å². The summed E-state index contributed by atoms with van der Waals surface area (Å²) in [6.45, 7) is 1.01. The minimum atomic E-state index is -0.959. The number of benzene rings is 2. The van der Waals surface area contributed by atoms with Gasteiger partial charge in [-0.15, -0.1) is 0 Å². The Morgan fingerprint density at radius 1 is 1.15 bits per heavy atom. The van der Waals surface area contributed by atoms with Gasteiger partial charge >= 0.3 is 5.97 Å². The van der Waals surface area contributed by atoms with Crippen LogP contribution in [0.1, 0.15) is 10.5 Å². The summed E-state index contributed by atoms with van der Waals surface area (Å²) in [5.41, 5.74) is 2.94. The zero-order valence-corrected chi connectivity index (χ0v) is 15.2. The number of nitrogens with zero attached hydrogens (tertiary/aromatic N) is 1. The molecule has 0 unspecified atom stereocenters. The van der Waals surface area contributed by atoms with Crippen molar-refractivity contribution >= 4 is 34.4 Å². The van der Waals surface area contributed by atoms with Crippen LogP contribution in [0.5, 0.6) is 0 Å². The minimum absolute atomic E-state index is 0.124. The van der Waals surface area contributed by atoms with E-state index in [1.54, 1.807) is 11.0 Å². The van der Waals surface area contributed by atoms with E-state index in [4.69, 9.17) is 11.6 Å². The molecule has 1 aliphatic rings. The van der Waals surface area contributed by atoms with Gasteiger partial charge in [0.1, 0.15) is 11.7 Å². The van der Waals surface area contributed by atoms with Gasteiger partial charge in [0.25, 0.3) is 5.91 Å². The summed E-state index contributed by atoms with van der Waals surface area (Å²) in [7, 11) is 0. The van der Waals surface area contributed by atoms with E-state index < -0.39 is 12.0 Å². The lowest BCUT2D eigenvalue weighted by atomic mass is 10.0. The van der Waals surface area contributed by atoms with Crippen LogP contribution in [0.3, 0.4) is 0 Å². The molecule has 27 heavy (non-hydrogen) atoms. The summed E-state index contributed by atoms with van der Waals surface area (Å²) < 4.78 is 0. The second kappa shape index (κ2) is 7.06. The fourth-order valence-electron chi connectivity index (χ4n) is 3.49. The summed E-state index contributed by atoms with van der Waals surface area (Å²) in [6.07, 6.45) is 0. The number of piperazine rings is 1. The van der Waals surface area contributed by atoms with Gasteiger partial charge in [-0.2, -0.15) is 0 Å². The first-order chi connectivity index (χ1) is 13.0. The van der Waals surface area contributed by atoms with E-state index in [1.165, 1.54) is 0 Å². The average molecular weight is 384 g/mol. The SMILES string of the molecule is O=C(O)[C@H]1CN(C(=O)c2[nH]c3ccc(Cl)cc3c2-c2ccccc2)CCN1. The van der Waals surface area contributed by atoms with Crippen molar-refractivity contribution < 1.29 is 14.7 Å². The van der Waals surface area contributed by atoms with Crippen LogP contribution >= 0.6 is 11.6 Å². The summed E-state index contributed by atoms with van der Waals surface area (Å²) in [6, 6.07) is 14.3. The number of nitrogens with one attached hydrogen (secondary N) is 2. The van der Waals surface area contributed by atoms with Crippen molar-refractivity contribution in [1.82, 2.24) is 15.2 Å². The van der Waals surface area contributed by atoms with Gasteiger partial charge in [-0.25, -0.2) is 0 Å². The number of hydrogen-bond acceptors (Lipinski definition) is 3. The molecule has 3 aromatic rings. The van der Waals surface area contributed by atoms with Gasteiger partial charge in [-0.05, 0) is 23.8 Å². The number of carbonyl (C=O) groups excluding carboxylic acids is 1. The van der Waals surface area contributed by atoms with E-state index >= 15 is 0 Å². The largest absolute Gasteiger partial charge is 0.480 e. The molecule has 1 aliphatic heterocycles. The second-order valence-electron chi connectivity index (χ2n) is 6.53. The Morgan fingerprint density at radius 3 is 2.67 bits per heavy atom. The average Bonchev–Trinajstić information content (AvgIpc) is 3.06. The number of halogens is 1. The molecule has 2 heterocycles. The standard InChI is InChI=1S/C20H18ClN3O3/c21-13-6-7-15-14(10-13)17(12-4-2-1-3-5-12)18(23-15)19(25)24-9-8-22-16(11-24)20(26)27/h1-7,10,16,22-23H,8-9,11H2,(H,26,27)/t16-/m1/s1. The number of amides is 1. The Kier molecular flexibility index (Phi) is 4.59. The van der Waals surface area contributed by atoms with Crippen molar-refractivity contribution in [1.29, 1.82) is 0 Å². The number of aromatic nitrogens is 1. The zero-order chi connectivity index (χ0) is 19.0. The quantitative estimate of drug-likeness (QED) is 0.649. The Bertz CT molecular complexity index is 1020. The lowest BCUT2D eigenvalue weighted by Gasteiger charge is -2.31. The molecule has 1 aromatic heterocycles. The van der Waals surface area contributed by atoms with Crippen molar-refractivity contribution in [2.75, 3.05) is 19.6 Å². The monoisotopic (exact) mass is 383 g/mol. The van der Waals surface area contributed by atoms with E-state index in [2.05, 4.69) is 10.3 Å². The molecule has 7 heteroatoms. The van der Waals surface area contributed by atoms with Crippen LogP contribution in [-0.4, -0.2) is 52.5 Å². The van der Waals surface area contributed by atoms with Gasteiger partial charge < -0.3 is 20.3 Å². The van der Waals surface area contributed by atoms with Crippen LogP contribution in [0.4, 0.5) is 0 Å². The number of hydrogen-bond donors (Lipinski definition) is 3. The Morgan fingerprint density at radius 2 is 1.93 bits per heavy atom. The third kappa shape index (κ3) is 3.29. The predicted octanol–water partition coefficient (Wildman–Crippen LogP) is 2.99. The third-order valence-electron chi connectivity index (χ3n) is 4.80. The van der Waals surface area contributed by atoms with Crippen molar-refractivity contribution in [2.24, 2.45) is 0 Å². The van der Waals surface area contributed by atoms with Crippen molar-refractivity contribution in [3.05, 3.63) is 59.2 Å². The van der Waals surface area contributed by atoms with Gasteiger partial charge in [0.15, 0.2) is 0 Å². The molecule has 1 fully saturated rings. The molecule has 2 aromatic carbocycles. The number of aromatic amines is 1. The van der Waals surface area contributed by atoms with E-state index in [-0.39, 0.29) is 12.5 Å². The first kappa shape index (κ1) is 17.6. The van der Waals surface area contributed by atoms with Crippen LogP contribution in [0, 0.1) is 0 Å². The van der Waals surface area contributed by atoms with Crippen molar-refractivity contribution in [2.45, 2.75) is 6.04 Å². The Hall–Kier alpha value is -2.83. The smallest absolute Gasteiger partial charge is 0.322 e. The molecular formula is C20H18ClN3O3. The predicted molar refractivity (Wildman–Crippen MR) is 104 cm³/mol. The van der Waals surface area contributed by atoms with Gasteiger partial charge in [0.05, 0.1) is 0 Å².